The third-order valence-corrected chi connectivity index (χ3v) is 6.35. The average Bonchev–Trinajstić information content (AvgIpc) is 2.64. The number of carbonyl (C=O) groups excluding carboxylic acids is 1. The van der Waals surface area contributed by atoms with E-state index in [2.05, 4.69) is 9.71 Å². The van der Waals surface area contributed by atoms with Crippen LogP contribution in [0.5, 0.6) is 0 Å². The first kappa shape index (κ1) is 19.4. The number of nitrogens with two attached hydrogens (primary N) is 1. The zero-order valence-electron chi connectivity index (χ0n) is 14.9. The van der Waals surface area contributed by atoms with E-state index in [1.54, 1.807) is 31.2 Å². The number of hydrogen-bond donors (Lipinski definition) is 2. The molecule has 1 fully saturated rings. The second kappa shape index (κ2) is 7.74. The Morgan fingerprint density at radius 2 is 2.11 bits per heavy atom. The van der Waals surface area contributed by atoms with Crippen molar-refractivity contribution in [3.63, 3.8) is 0 Å². The van der Waals surface area contributed by atoms with Gasteiger partial charge in [-0.15, -0.1) is 0 Å². The number of aromatic nitrogens is 1. The molecular weight excluding hydrogens is 388 g/mol. The van der Waals surface area contributed by atoms with E-state index in [-0.39, 0.29) is 16.7 Å². The topological polar surface area (TPSA) is 105 Å². The summed E-state index contributed by atoms with van der Waals surface area (Å²) in [5, 5.41) is 0.351. The van der Waals surface area contributed by atoms with E-state index in [0.717, 1.165) is 19.4 Å². The summed E-state index contributed by atoms with van der Waals surface area (Å²) in [5.74, 6) is 0.188. The lowest BCUT2D eigenvalue weighted by molar-refractivity contribution is -0.122. The number of benzene rings is 1. The fourth-order valence-electron chi connectivity index (χ4n) is 3.12. The number of halogens is 1. The molecule has 1 saturated heterocycles. The molecule has 1 aliphatic heterocycles. The second-order valence-corrected chi connectivity index (χ2v) is 8.70. The van der Waals surface area contributed by atoms with Crippen LogP contribution in [0.4, 0.5) is 11.5 Å². The number of pyridine rings is 1. The lowest BCUT2D eigenvalue weighted by Gasteiger charge is -2.32. The fraction of sp³-hybridized carbons (Fsp3) is 0.333. The number of nitrogens with zero attached hydrogens (tertiary/aromatic N) is 2. The minimum Gasteiger partial charge on any atom is -0.369 e. The lowest BCUT2D eigenvalue weighted by Crippen LogP contribution is -2.41. The molecule has 2 aromatic rings. The summed E-state index contributed by atoms with van der Waals surface area (Å²) in [5.41, 5.74) is 6.35. The van der Waals surface area contributed by atoms with Crippen molar-refractivity contribution >= 4 is 39.0 Å². The Hall–Kier alpha value is -2.32. The highest BCUT2D eigenvalue weighted by atomic mass is 35.5. The first-order valence-electron chi connectivity index (χ1n) is 8.55. The predicted molar refractivity (Wildman–Crippen MR) is 105 cm³/mol. The summed E-state index contributed by atoms with van der Waals surface area (Å²) in [4.78, 5) is 17.9. The summed E-state index contributed by atoms with van der Waals surface area (Å²) >= 11 is 5.92. The predicted octanol–water partition coefficient (Wildman–Crippen LogP) is 2.55. The highest BCUT2D eigenvalue weighted by molar-refractivity contribution is 7.92. The van der Waals surface area contributed by atoms with Gasteiger partial charge in [0.2, 0.25) is 5.91 Å². The third kappa shape index (κ3) is 4.51. The maximum Gasteiger partial charge on any atom is 0.262 e. The van der Waals surface area contributed by atoms with Gasteiger partial charge in [-0.05, 0) is 49.6 Å². The normalized spacial score (nSPS) is 17.6. The van der Waals surface area contributed by atoms with Gasteiger partial charge in [-0.25, -0.2) is 13.4 Å². The molecule has 3 N–H and O–H groups in total. The molecule has 1 atom stereocenters. The summed E-state index contributed by atoms with van der Waals surface area (Å²) in [6.45, 7) is 3.01. The Bertz CT molecular complexity index is 948. The molecule has 1 amide bonds. The Morgan fingerprint density at radius 1 is 1.33 bits per heavy atom. The molecule has 2 heterocycles. The van der Waals surface area contributed by atoms with Gasteiger partial charge in [-0.2, -0.15) is 0 Å². The quantitative estimate of drug-likeness (QED) is 0.790. The Kier molecular flexibility index (Phi) is 5.57. The van der Waals surface area contributed by atoms with Crippen LogP contribution in [0.3, 0.4) is 0 Å². The maximum atomic E-state index is 12.6. The number of piperidine rings is 1. The van der Waals surface area contributed by atoms with Crippen LogP contribution in [0.25, 0.3) is 0 Å². The molecule has 1 aromatic heterocycles. The minimum absolute atomic E-state index is 0.124. The van der Waals surface area contributed by atoms with Crippen molar-refractivity contribution < 1.29 is 13.2 Å². The molecule has 9 heteroatoms. The molecule has 1 aromatic carbocycles. The van der Waals surface area contributed by atoms with E-state index in [1.807, 2.05) is 4.90 Å². The van der Waals surface area contributed by atoms with E-state index in [9.17, 15) is 13.2 Å². The van der Waals surface area contributed by atoms with E-state index in [0.29, 0.717) is 28.6 Å². The minimum atomic E-state index is -3.77. The van der Waals surface area contributed by atoms with Crippen molar-refractivity contribution in [2.24, 2.45) is 11.7 Å². The molecule has 144 valence electrons. The standard InChI is InChI=1S/C18H21ClN4O3S/c1-12-4-5-14(19)9-16(12)27(25,26)22-15-6-7-17(21-10-15)23-8-2-3-13(11-23)18(20)24/h4-7,9-10,13,22H,2-3,8,11H2,1H3,(H2,20,24). The van der Waals surface area contributed by atoms with Gasteiger partial charge in [0, 0.05) is 18.1 Å². The lowest BCUT2D eigenvalue weighted by atomic mass is 9.97. The Balaban J connectivity index is 1.76. The number of aryl methyl sites for hydroxylation is 1. The number of hydrogen-bond acceptors (Lipinski definition) is 5. The summed E-state index contributed by atoms with van der Waals surface area (Å²) in [6, 6.07) is 8.09. The Labute approximate surface area is 163 Å². The van der Waals surface area contributed by atoms with Crippen LogP contribution in [0.1, 0.15) is 18.4 Å². The first-order chi connectivity index (χ1) is 12.8. The van der Waals surface area contributed by atoms with Crippen LogP contribution in [0.15, 0.2) is 41.4 Å². The van der Waals surface area contributed by atoms with Gasteiger partial charge >= 0.3 is 0 Å². The van der Waals surface area contributed by atoms with Crippen LogP contribution in [0.2, 0.25) is 5.02 Å². The second-order valence-electron chi connectivity index (χ2n) is 6.61. The maximum absolute atomic E-state index is 12.6. The van der Waals surface area contributed by atoms with Crippen molar-refractivity contribution in [3.05, 3.63) is 47.1 Å². The van der Waals surface area contributed by atoms with Crippen LogP contribution >= 0.6 is 11.6 Å². The van der Waals surface area contributed by atoms with Gasteiger partial charge in [0.05, 0.1) is 22.7 Å². The van der Waals surface area contributed by atoms with Crippen LogP contribution < -0.4 is 15.4 Å². The molecule has 27 heavy (non-hydrogen) atoms. The van der Waals surface area contributed by atoms with Gasteiger partial charge in [-0.3, -0.25) is 9.52 Å². The van der Waals surface area contributed by atoms with Crippen molar-refractivity contribution in [2.45, 2.75) is 24.7 Å². The monoisotopic (exact) mass is 408 g/mol. The average molecular weight is 409 g/mol. The van der Waals surface area contributed by atoms with Gasteiger partial charge in [0.1, 0.15) is 5.82 Å². The number of primary amides is 1. The van der Waals surface area contributed by atoms with Crippen LogP contribution in [-0.2, 0) is 14.8 Å². The van der Waals surface area contributed by atoms with Gasteiger partial charge in [0.25, 0.3) is 10.0 Å². The zero-order valence-corrected chi connectivity index (χ0v) is 16.4. The molecule has 1 unspecified atom stereocenters. The molecule has 0 aliphatic carbocycles. The van der Waals surface area contributed by atoms with Gasteiger partial charge in [0.15, 0.2) is 0 Å². The van der Waals surface area contributed by atoms with Gasteiger partial charge in [-0.1, -0.05) is 17.7 Å². The molecule has 0 radical (unpaired) electrons. The number of amides is 1. The number of rotatable bonds is 5. The number of nitrogens with one attached hydrogen (secondary N) is 1. The smallest absolute Gasteiger partial charge is 0.262 e. The number of anilines is 2. The SMILES string of the molecule is Cc1ccc(Cl)cc1S(=O)(=O)Nc1ccc(N2CCCC(C(N)=O)C2)nc1. The van der Waals surface area contributed by atoms with Crippen molar-refractivity contribution in [2.75, 3.05) is 22.7 Å². The van der Waals surface area contributed by atoms with Crippen molar-refractivity contribution in [1.29, 1.82) is 0 Å². The van der Waals surface area contributed by atoms with Gasteiger partial charge < -0.3 is 10.6 Å². The van der Waals surface area contributed by atoms with Crippen molar-refractivity contribution in [3.8, 4) is 0 Å². The van der Waals surface area contributed by atoms with E-state index < -0.39 is 10.0 Å². The van der Waals surface area contributed by atoms with E-state index in [1.165, 1.54) is 12.3 Å². The highest BCUT2D eigenvalue weighted by Crippen LogP contribution is 2.25. The number of carbonyl (C=O) groups is 1. The summed E-state index contributed by atoms with van der Waals surface area (Å²) in [7, 11) is -3.77. The highest BCUT2D eigenvalue weighted by Gasteiger charge is 2.25. The molecule has 7 nitrogen and oxygen atoms in total. The molecule has 0 saturated carbocycles. The number of sulfonamides is 1. The van der Waals surface area contributed by atoms with Crippen molar-refractivity contribution in [1.82, 2.24) is 4.98 Å². The molecule has 3 rings (SSSR count). The Morgan fingerprint density at radius 3 is 2.78 bits per heavy atom. The molecule has 0 spiro atoms. The molecule has 1 aliphatic rings. The molecule has 0 bridgehead atoms. The fourth-order valence-corrected chi connectivity index (χ4v) is 4.68. The third-order valence-electron chi connectivity index (χ3n) is 4.59. The van der Waals surface area contributed by atoms with E-state index in [4.69, 9.17) is 17.3 Å². The zero-order chi connectivity index (χ0) is 19.6. The van der Waals surface area contributed by atoms with Crippen LogP contribution in [-0.4, -0.2) is 32.4 Å². The van der Waals surface area contributed by atoms with E-state index >= 15 is 0 Å². The molecular formula is C18H21ClN4O3S. The summed E-state index contributed by atoms with van der Waals surface area (Å²) in [6.07, 6.45) is 3.10. The summed E-state index contributed by atoms with van der Waals surface area (Å²) < 4.78 is 27.8. The van der Waals surface area contributed by atoms with Crippen LogP contribution in [0, 0.1) is 12.8 Å². The largest absolute Gasteiger partial charge is 0.369 e. The first-order valence-corrected chi connectivity index (χ1v) is 10.4.